The summed E-state index contributed by atoms with van der Waals surface area (Å²) in [6, 6.07) is 16.9. The van der Waals surface area contributed by atoms with Crippen molar-refractivity contribution in [1.82, 2.24) is 24.7 Å². The molecule has 10 heteroatoms. The van der Waals surface area contributed by atoms with Crippen LogP contribution in [0.25, 0.3) is 28.0 Å². The summed E-state index contributed by atoms with van der Waals surface area (Å²) in [4.78, 5) is 26.7. The van der Waals surface area contributed by atoms with Crippen molar-refractivity contribution >= 4 is 11.6 Å². The molecule has 0 radical (unpaired) electrons. The number of benzene rings is 1. The van der Waals surface area contributed by atoms with E-state index in [0.717, 1.165) is 22.4 Å². The lowest BCUT2D eigenvalue weighted by atomic mass is 9.99. The Bertz CT molecular complexity index is 1590. The Morgan fingerprint density at radius 1 is 1.11 bits per heavy atom. The summed E-state index contributed by atoms with van der Waals surface area (Å²) >= 11 is 0. The van der Waals surface area contributed by atoms with E-state index < -0.39 is 0 Å². The van der Waals surface area contributed by atoms with Gasteiger partial charge in [0.15, 0.2) is 0 Å². The second-order valence-corrected chi connectivity index (χ2v) is 8.04. The summed E-state index contributed by atoms with van der Waals surface area (Å²) in [5.41, 5.74) is 11.2. The maximum absolute atomic E-state index is 13.4. The van der Waals surface area contributed by atoms with Crippen LogP contribution in [0.4, 0.5) is 5.95 Å². The molecule has 0 saturated heterocycles. The number of anilines is 1. The number of hydrogen-bond donors (Lipinski definition) is 3. The topological polar surface area (TPSA) is 136 Å². The number of nitrogens with one attached hydrogen (secondary N) is 1. The molecule has 0 amide bonds. The third kappa shape index (κ3) is 4.00. The number of pyridine rings is 2. The number of aromatic amines is 1. The van der Waals surface area contributed by atoms with E-state index in [0.29, 0.717) is 28.5 Å². The fourth-order valence-electron chi connectivity index (χ4n) is 4.20. The fraction of sp³-hybridized carbons (Fsp3) is 0.160. The van der Waals surface area contributed by atoms with Crippen LogP contribution in [0, 0.1) is 6.92 Å². The minimum absolute atomic E-state index is 0.0499. The van der Waals surface area contributed by atoms with E-state index >= 15 is 0 Å². The van der Waals surface area contributed by atoms with Gasteiger partial charge >= 0.3 is 11.6 Å². The van der Waals surface area contributed by atoms with E-state index in [1.165, 1.54) is 16.2 Å². The third-order valence-electron chi connectivity index (χ3n) is 5.69. The maximum atomic E-state index is 13.4. The Balaban J connectivity index is 1.82. The minimum atomic E-state index is -0.384. The molecule has 10 nitrogen and oxygen atoms in total. The number of H-pyrrole nitrogens is 1. The molecular weight excluding hydrogens is 446 g/mol. The van der Waals surface area contributed by atoms with Crippen LogP contribution in [0.3, 0.4) is 0 Å². The Hall–Kier alpha value is -4.57. The predicted octanol–water partition coefficient (Wildman–Crippen LogP) is 1.87. The van der Waals surface area contributed by atoms with Crippen molar-refractivity contribution in [3.63, 3.8) is 0 Å². The van der Waals surface area contributed by atoms with Crippen molar-refractivity contribution in [2.24, 2.45) is 0 Å². The summed E-state index contributed by atoms with van der Waals surface area (Å²) in [7, 11) is 1.53. The molecule has 0 fully saturated rings. The van der Waals surface area contributed by atoms with Crippen molar-refractivity contribution in [1.29, 1.82) is 0 Å². The molecule has 4 aromatic heterocycles. The first-order valence-electron chi connectivity index (χ1n) is 11.0. The van der Waals surface area contributed by atoms with Gasteiger partial charge in [-0.2, -0.15) is 4.68 Å². The molecule has 0 unspecified atom stereocenters. The number of rotatable bonds is 6. The zero-order valence-electron chi connectivity index (χ0n) is 19.3. The van der Waals surface area contributed by atoms with Crippen LogP contribution in [0.1, 0.15) is 17.0 Å². The van der Waals surface area contributed by atoms with Gasteiger partial charge in [-0.25, -0.2) is 14.9 Å². The Morgan fingerprint density at radius 3 is 2.66 bits per heavy atom. The first kappa shape index (κ1) is 22.2. The van der Waals surface area contributed by atoms with E-state index in [9.17, 15) is 9.90 Å². The maximum Gasteiger partial charge on any atom is 0.428 e. The number of aliphatic hydroxyl groups is 1. The molecule has 0 aliphatic carbocycles. The summed E-state index contributed by atoms with van der Waals surface area (Å²) in [6.45, 7) is 1.82. The second-order valence-electron chi connectivity index (χ2n) is 8.04. The third-order valence-corrected chi connectivity index (χ3v) is 5.69. The normalized spacial score (nSPS) is 11.2. The average molecular weight is 471 g/mol. The number of aromatic nitrogens is 6. The van der Waals surface area contributed by atoms with Gasteiger partial charge in [0.05, 0.1) is 25.0 Å². The molecule has 5 rings (SSSR count). The molecule has 5 aromatic rings. The fourth-order valence-corrected chi connectivity index (χ4v) is 4.20. The molecule has 1 aromatic carbocycles. The molecule has 35 heavy (non-hydrogen) atoms. The molecule has 0 spiro atoms. The van der Waals surface area contributed by atoms with Gasteiger partial charge in [-0.1, -0.05) is 30.3 Å². The van der Waals surface area contributed by atoms with Gasteiger partial charge in [0.2, 0.25) is 11.5 Å². The van der Waals surface area contributed by atoms with Crippen LogP contribution in [0.15, 0.2) is 65.6 Å². The average Bonchev–Trinajstić information content (AvgIpc) is 3.20. The number of ether oxygens (including phenoxy) is 1. The number of hydrogen-bond acceptors (Lipinski definition) is 7. The SMILES string of the molecule is COc1ncccc1Cn1[nH]c2c(-c3cc(C)nc(CO)c3)c(-c3ccccc3)nc(N)[n+]2c1=O. The number of methoxy groups -OCH3 is 1. The molecular formula is C25H24N7O3+. The van der Waals surface area contributed by atoms with Crippen molar-refractivity contribution < 1.29 is 14.2 Å². The molecule has 0 aliphatic rings. The van der Waals surface area contributed by atoms with E-state index in [-0.39, 0.29) is 24.8 Å². The monoisotopic (exact) mass is 470 g/mol. The largest absolute Gasteiger partial charge is 0.481 e. The highest BCUT2D eigenvalue weighted by Crippen LogP contribution is 2.33. The molecule has 0 aliphatic heterocycles. The highest BCUT2D eigenvalue weighted by molar-refractivity contribution is 5.88. The first-order valence-corrected chi connectivity index (χ1v) is 11.0. The molecule has 4 heterocycles. The highest BCUT2D eigenvalue weighted by atomic mass is 16.5. The van der Waals surface area contributed by atoms with Crippen LogP contribution < -0.4 is 20.6 Å². The number of fused-ring (bicyclic) bond motifs is 1. The highest BCUT2D eigenvalue weighted by Gasteiger charge is 2.26. The zero-order valence-corrected chi connectivity index (χ0v) is 19.3. The van der Waals surface area contributed by atoms with Gasteiger partial charge in [0, 0.05) is 23.0 Å². The minimum Gasteiger partial charge on any atom is -0.481 e. The smallest absolute Gasteiger partial charge is 0.428 e. The van der Waals surface area contributed by atoms with Crippen LogP contribution in [-0.2, 0) is 13.2 Å². The molecule has 0 bridgehead atoms. The van der Waals surface area contributed by atoms with Crippen LogP contribution in [-0.4, -0.2) is 36.9 Å². The molecule has 0 saturated carbocycles. The molecule has 0 atom stereocenters. The Morgan fingerprint density at radius 2 is 1.91 bits per heavy atom. The van der Waals surface area contributed by atoms with E-state index in [4.69, 9.17) is 10.5 Å². The van der Waals surface area contributed by atoms with Crippen LogP contribution in [0.5, 0.6) is 5.88 Å². The summed E-state index contributed by atoms with van der Waals surface area (Å²) < 4.78 is 8.13. The Kier molecular flexibility index (Phi) is 5.71. The van der Waals surface area contributed by atoms with E-state index in [1.54, 1.807) is 18.3 Å². The van der Waals surface area contributed by atoms with Gasteiger partial charge in [-0.05, 0) is 36.8 Å². The second kappa shape index (κ2) is 8.99. The van der Waals surface area contributed by atoms with E-state index in [1.807, 2.05) is 49.4 Å². The van der Waals surface area contributed by atoms with Gasteiger partial charge in [0.1, 0.15) is 12.2 Å². The van der Waals surface area contributed by atoms with Crippen LogP contribution >= 0.6 is 0 Å². The van der Waals surface area contributed by atoms with Crippen molar-refractivity contribution in [3.05, 3.63) is 88.2 Å². The summed E-state index contributed by atoms with van der Waals surface area (Å²) in [6.07, 6.45) is 1.63. The van der Waals surface area contributed by atoms with Crippen LogP contribution in [0.2, 0.25) is 0 Å². The van der Waals surface area contributed by atoms with Gasteiger partial charge in [-0.3, -0.25) is 4.98 Å². The number of aliphatic hydroxyl groups excluding tert-OH is 1. The quantitative estimate of drug-likeness (QED) is 0.322. The first-order chi connectivity index (χ1) is 17.0. The van der Waals surface area contributed by atoms with Gasteiger partial charge in [-0.15, -0.1) is 9.38 Å². The van der Waals surface area contributed by atoms with Gasteiger partial charge in [0.25, 0.3) is 0 Å². The van der Waals surface area contributed by atoms with Gasteiger partial charge < -0.3 is 15.6 Å². The van der Waals surface area contributed by atoms with E-state index in [2.05, 4.69) is 20.1 Å². The standard InChI is InChI=1S/C25H23N7O3/c1-15-11-18(12-19(14-33)28-15)20-21(16-7-4-3-5-8-16)29-24(26)32-22(20)30-31(25(32)34)13-17-9-6-10-27-23(17)35-2/h3-12,33H,13-14H2,1-2H3,(H2,26,28,29,30)/p+1. The number of nitrogen functional groups attached to an aromatic ring is 1. The number of nitrogens with two attached hydrogens (primary N) is 1. The lowest BCUT2D eigenvalue weighted by Gasteiger charge is -2.10. The lowest BCUT2D eigenvalue weighted by molar-refractivity contribution is -0.516. The summed E-state index contributed by atoms with van der Waals surface area (Å²) in [5.74, 6) is 0.477. The van der Waals surface area contributed by atoms with Crippen molar-refractivity contribution in [3.8, 4) is 28.3 Å². The number of aryl methyl sites for hydroxylation is 1. The molecule has 176 valence electrons. The predicted molar refractivity (Wildman–Crippen MR) is 130 cm³/mol. The Labute approximate surface area is 200 Å². The van der Waals surface area contributed by atoms with Crippen molar-refractivity contribution in [2.45, 2.75) is 20.1 Å². The molecule has 4 N–H and O–H groups in total. The lowest BCUT2D eigenvalue weighted by Crippen LogP contribution is -2.44. The van der Waals surface area contributed by atoms with Crippen molar-refractivity contribution in [2.75, 3.05) is 12.8 Å². The zero-order chi connectivity index (χ0) is 24.5. The summed E-state index contributed by atoms with van der Waals surface area (Å²) in [5, 5.41) is 13.0. The number of nitrogens with zero attached hydrogens (tertiary/aromatic N) is 5.